The van der Waals surface area contributed by atoms with Crippen molar-refractivity contribution in [3.8, 4) is 5.75 Å². The SMILES string of the molecule is C=C/C(=C\C=C/C)OP(=O)(NCC(=O)OCCCCCC)Oc1ccc([N+](=O)[O-])cc1.CC. The largest absolute Gasteiger partial charge is 0.513 e. The lowest BCUT2D eigenvalue weighted by Crippen LogP contribution is -2.25. The summed E-state index contributed by atoms with van der Waals surface area (Å²) in [6, 6.07) is 4.97. The summed E-state index contributed by atoms with van der Waals surface area (Å²) in [6.45, 7) is 11.3. The first-order valence-corrected chi connectivity index (χ1v) is 12.5. The van der Waals surface area contributed by atoms with E-state index >= 15 is 0 Å². The number of rotatable bonds is 15. The zero-order chi connectivity index (χ0) is 25.1. The number of hydrogen-bond acceptors (Lipinski definition) is 7. The maximum atomic E-state index is 13.2. The molecule has 0 radical (unpaired) electrons. The molecule has 1 aromatic carbocycles. The molecule has 1 atom stereocenters. The van der Waals surface area contributed by atoms with Crippen LogP contribution in [0, 0.1) is 10.1 Å². The summed E-state index contributed by atoms with van der Waals surface area (Å²) >= 11 is 0. The number of esters is 1. The molecule has 1 unspecified atom stereocenters. The van der Waals surface area contributed by atoms with Crippen molar-refractivity contribution in [2.75, 3.05) is 13.2 Å². The maximum Gasteiger partial charge on any atom is 0.513 e. The van der Waals surface area contributed by atoms with Gasteiger partial charge < -0.3 is 13.8 Å². The number of benzene rings is 1. The number of nitrogens with zero attached hydrogens (tertiary/aromatic N) is 1. The van der Waals surface area contributed by atoms with E-state index in [1.54, 1.807) is 19.1 Å². The molecule has 33 heavy (non-hydrogen) atoms. The minimum absolute atomic E-state index is 0.0591. The van der Waals surface area contributed by atoms with Gasteiger partial charge in [0.15, 0.2) is 0 Å². The van der Waals surface area contributed by atoms with Crippen molar-refractivity contribution in [3.05, 3.63) is 71.0 Å². The fourth-order valence-electron chi connectivity index (χ4n) is 2.24. The van der Waals surface area contributed by atoms with Gasteiger partial charge in [-0.2, -0.15) is 5.09 Å². The molecule has 0 fully saturated rings. The van der Waals surface area contributed by atoms with Gasteiger partial charge in [-0.05, 0) is 37.6 Å². The molecular weight excluding hydrogens is 447 g/mol. The average Bonchev–Trinajstić information content (AvgIpc) is 2.82. The molecule has 0 aliphatic rings. The number of hydrogen-bond donors (Lipinski definition) is 1. The van der Waals surface area contributed by atoms with Gasteiger partial charge in [0.1, 0.15) is 18.1 Å². The molecule has 10 heteroatoms. The molecule has 1 aromatic rings. The number of non-ortho nitro benzene ring substituents is 1. The number of ether oxygens (including phenoxy) is 1. The summed E-state index contributed by atoms with van der Waals surface area (Å²) in [6.07, 6.45) is 10.1. The zero-order valence-electron chi connectivity index (χ0n) is 19.8. The highest BCUT2D eigenvalue weighted by molar-refractivity contribution is 7.52. The van der Waals surface area contributed by atoms with E-state index in [4.69, 9.17) is 13.8 Å². The van der Waals surface area contributed by atoms with Crippen molar-refractivity contribution >= 4 is 19.4 Å². The van der Waals surface area contributed by atoms with Crippen LogP contribution in [0.2, 0.25) is 0 Å². The molecule has 9 nitrogen and oxygen atoms in total. The lowest BCUT2D eigenvalue weighted by Gasteiger charge is -2.20. The van der Waals surface area contributed by atoms with Crippen LogP contribution in [-0.4, -0.2) is 24.0 Å². The van der Waals surface area contributed by atoms with Crippen molar-refractivity contribution in [2.24, 2.45) is 0 Å². The fourth-order valence-corrected chi connectivity index (χ4v) is 3.54. The Kier molecular flexibility index (Phi) is 16.1. The molecule has 0 saturated carbocycles. The molecule has 0 saturated heterocycles. The standard InChI is InChI=1S/C21H29N2O7P.C2H6/c1-4-7-9-10-16-28-21(24)17-22-31(27,29-19(6-3)11-8-5-2)30-20-14-12-18(13-15-20)23(25)26;1-2/h5-6,8,11-15H,3-4,7,9-10,16-17H2,1-2H3,(H,22,27);1-2H3/b8-5-,19-11+;. The summed E-state index contributed by atoms with van der Waals surface area (Å²) in [7, 11) is -4.09. The predicted octanol–water partition coefficient (Wildman–Crippen LogP) is 6.48. The Bertz CT molecular complexity index is 836. The zero-order valence-corrected chi connectivity index (χ0v) is 20.7. The van der Waals surface area contributed by atoms with Crippen molar-refractivity contribution < 1.29 is 28.1 Å². The number of nitro benzene ring substituents is 1. The van der Waals surface area contributed by atoms with Crippen LogP contribution in [0.4, 0.5) is 5.69 Å². The van der Waals surface area contributed by atoms with Crippen LogP contribution in [0.3, 0.4) is 0 Å². The van der Waals surface area contributed by atoms with E-state index in [1.807, 2.05) is 13.8 Å². The first-order chi connectivity index (χ1) is 15.8. The minimum Gasteiger partial charge on any atom is -0.465 e. The Labute approximate surface area is 196 Å². The van der Waals surface area contributed by atoms with Crippen LogP contribution >= 0.6 is 7.75 Å². The Morgan fingerprint density at radius 3 is 2.42 bits per heavy atom. The quantitative estimate of drug-likeness (QED) is 0.0574. The van der Waals surface area contributed by atoms with Crippen molar-refractivity contribution in [3.63, 3.8) is 0 Å². The van der Waals surface area contributed by atoms with E-state index in [1.165, 1.54) is 36.4 Å². The van der Waals surface area contributed by atoms with Crippen LogP contribution in [0.15, 0.2) is 60.9 Å². The van der Waals surface area contributed by atoms with E-state index in [2.05, 4.69) is 18.6 Å². The predicted molar refractivity (Wildman–Crippen MR) is 130 cm³/mol. The Morgan fingerprint density at radius 2 is 1.88 bits per heavy atom. The maximum absolute atomic E-state index is 13.2. The smallest absolute Gasteiger partial charge is 0.465 e. The molecule has 0 aliphatic carbocycles. The van der Waals surface area contributed by atoms with E-state index in [9.17, 15) is 19.5 Å². The lowest BCUT2D eigenvalue weighted by molar-refractivity contribution is -0.384. The lowest BCUT2D eigenvalue weighted by atomic mass is 10.2. The Balaban J connectivity index is 0.00000497. The third-order valence-electron chi connectivity index (χ3n) is 3.83. The average molecular weight is 483 g/mol. The van der Waals surface area contributed by atoms with Crippen LogP contribution in [0.1, 0.15) is 53.4 Å². The molecule has 184 valence electrons. The minimum atomic E-state index is -4.09. The van der Waals surface area contributed by atoms with E-state index in [-0.39, 0.29) is 23.8 Å². The summed E-state index contributed by atoms with van der Waals surface area (Å²) in [4.78, 5) is 22.2. The molecule has 0 heterocycles. The molecule has 0 amide bonds. The van der Waals surface area contributed by atoms with Crippen LogP contribution in [0.25, 0.3) is 0 Å². The first kappa shape index (κ1) is 30.1. The van der Waals surface area contributed by atoms with Gasteiger partial charge in [0.25, 0.3) is 5.69 Å². The normalized spacial score (nSPS) is 12.8. The number of unbranched alkanes of at least 4 members (excludes halogenated alkanes) is 3. The van der Waals surface area contributed by atoms with E-state index in [0.717, 1.165) is 25.7 Å². The summed E-state index contributed by atoms with van der Waals surface area (Å²) < 4.78 is 29.2. The van der Waals surface area contributed by atoms with Crippen molar-refractivity contribution in [1.29, 1.82) is 0 Å². The second-order valence-electron chi connectivity index (χ2n) is 6.35. The van der Waals surface area contributed by atoms with Gasteiger partial charge in [0.2, 0.25) is 0 Å². The summed E-state index contributed by atoms with van der Waals surface area (Å²) in [5, 5.41) is 13.3. The first-order valence-electron chi connectivity index (χ1n) is 10.9. The van der Waals surface area contributed by atoms with Gasteiger partial charge in [-0.15, -0.1) is 0 Å². The van der Waals surface area contributed by atoms with Gasteiger partial charge in [-0.3, -0.25) is 14.9 Å². The third kappa shape index (κ3) is 13.3. The summed E-state index contributed by atoms with van der Waals surface area (Å²) in [5.74, 6) is -0.405. The van der Waals surface area contributed by atoms with Gasteiger partial charge in [0.05, 0.1) is 11.5 Å². The van der Waals surface area contributed by atoms with Gasteiger partial charge >= 0.3 is 13.7 Å². The van der Waals surface area contributed by atoms with Crippen molar-refractivity contribution in [1.82, 2.24) is 5.09 Å². The molecule has 0 spiro atoms. The Hall–Kier alpha value is -2.90. The van der Waals surface area contributed by atoms with Crippen LogP contribution < -0.4 is 9.61 Å². The number of allylic oxidation sites excluding steroid dienone is 4. The second-order valence-corrected chi connectivity index (χ2v) is 8.02. The molecule has 0 bridgehead atoms. The number of nitrogens with one attached hydrogen (secondary N) is 1. The van der Waals surface area contributed by atoms with Gasteiger partial charge in [0, 0.05) is 12.1 Å². The topological polar surface area (TPSA) is 117 Å². The van der Waals surface area contributed by atoms with Crippen molar-refractivity contribution in [2.45, 2.75) is 53.4 Å². The molecule has 1 N–H and O–H groups in total. The number of carbonyl (C=O) groups excluding carboxylic acids is 1. The van der Waals surface area contributed by atoms with Gasteiger partial charge in [-0.25, -0.2) is 4.57 Å². The van der Waals surface area contributed by atoms with Gasteiger partial charge in [-0.1, -0.05) is 58.8 Å². The fraction of sp³-hybridized carbons (Fsp3) is 0.435. The highest BCUT2D eigenvalue weighted by Crippen LogP contribution is 2.46. The molecule has 1 rings (SSSR count). The molecule has 0 aromatic heterocycles. The third-order valence-corrected chi connectivity index (χ3v) is 5.28. The monoisotopic (exact) mass is 482 g/mol. The second kappa shape index (κ2) is 17.6. The highest BCUT2D eigenvalue weighted by Gasteiger charge is 2.30. The summed E-state index contributed by atoms with van der Waals surface area (Å²) in [5.41, 5.74) is -0.150. The highest BCUT2D eigenvalue weighted by atomic mass is 31.2. The van der Waals surface area contributed by atoms with Crippen LogP contribution in [-0.2, 0) is 18.6 Å². The van der Waals surface area contributed by atoms with E-state index < -0.39 is 25.2 Å². The van der Waals surface area contributed by atoms with Crippen LogP contribution in [0.5, 0.6) is 5.75 Å². The Morgan fingerprint density at radius 1 is 1.21 bits per heavy atom. The van der Waals surface area contributed by atoms with E-state index in [0.29, 0.717) is 0 Å². The molecule has 0 aliphatic heterocycles. The molecular formula is C23H35N2O7P. The number of carbonyl (C=O) groups is 1. The number of nitro groups is 1.